The average Bonchev–Trinajstić information content (AvgIpc) is 3.13. The Bertz CT molecular complexity index is 1080. The van der Waals surface area contributed by atoms with Gasteiger partial charge < -0.3 is 15.0 Å². The minimum absolute atomic E-state index is 0.0259. The summed E-state index contributed by atoms with van der Waals surface area (Å²) in [7, 11) is -3.05. The number of aromatic nitrogens is 5. The van der Waals surface area contributed by atoms with E-state index in [-0.39, 0.29) is 12.3 Å². The smallest absolute Gasteiger partial charge is 0.226 e. The largest absolute Gasteiger partial charge is 0.378 e. The molecule has 0 aromatic carbocycles. The lowest BCUT2D eigenvalue weighted by Crippen LogP contribution is -2.37. The summed E-state index contributed by atoms with van der Waals surface area (Å²) in [6.07, 6.45) is 8.11. The summed E-state index contributed by atoms with van der Waals surface area (Å²) < 4.78 is 29.9. The molecule has 1 saturated heterocycles. The third-order valence-electron chi connectivity index (χ3n) is 4.39. The molecule has 28 heavy (non-hydrogen) atoms. The first kappa shape index (κ1) is 18.6. The lowest BCUT2D eigenvalue weighted by atomic mass is 10.3. The molecule has 10 nitrogen and oxygen atoms in total. The molecule has 4 rings (SSSR count). The first-order valence-electron chi connectivity index (χ1n) is 8.91. The van der Waals surface area contributed by atoms with Gasteiger partial charge in [0.05, 0.1) is 36.6 Å². The number of nitrogens with one attached hydrogen (secondary N) is 1. The Labute approximate surface area is 162 Å². The minimum Gasteiger partial charge on any atom is -0.378 e. The number of rotatable bonds is 6. The summed E-state index contributed by atoms with van der Waals surface area (Å²) in [5, 5.41) is 3.04. The highest BCUT2D eigenvalue weighted by Crippen LogP contribution is 2.23. The number of hydrogen-bond donors (Lipinski definition) is 1. The SMILES string of the molecule is CS(=O)(=O)CCNc1nccn2c(-c3ccnc(N4CCOCC4)n3)cnc12. The number of ether oxygens (including phenoxy) is 1. The van der Waals surface area contributed by atoms with Gasteiger partial charge in [0.25, 0.3) is 0 Å². The van der Waals surface area contributed by atoms with Crippen molar-refractivity contribution in [3.05, 3.63) is 30.9 Å². The van der Waals surface area contributed by atoms with E-state index in [0.29, 0.717) is 30.6 Å². The van der Waals surface area contributed by atoms with Gasteiger partial charge in [0, 0.05) is 44.5 Å². The third kappa shape index (κ3) is 4.04. The van der Waals surface area contributed by atoms with Crippen LogP contribution in [0.1, 0.15) is 0 Å². The molecule has 0 saturated carbocycles. The van der Waals surface area contributed by atoms with E-state index in [4.69, 9.17) is 9.72 Å². The molecule has 1 aliphatic heterocycles. The summed E-state index contributed by atoms with van der Waals surface area (Å²) in [6, 6.07) is 1.84. The van der Waals surface area contributed by atoms with Crippen LogP contribution in [-0.4, -0.2) is 77.6 Å². The lowest BCUT2D eigenvalue weighted by Gasteiger charge is -2.26. The van der Waals surface area contributed by atoms with Crippen LogP contribution < -0.4 is 10.2 Å². The summed E-state index contributed by atoms with van der Waals surface area (Å²) in [5.74, 6) is 1.22. The van der Waals surface area contributed by atoms with Crippen LogP contribution in [0.5, 0.6) is 0 Å². The van der Waals surface area contributed by atoms with Crippen molar-refractivity contribution in [2.45, 2.75) is 0 Å². The molecule has 0 spiro atoms. The Kier molecular flexibility index (Phi) is 5.09. The molecular weight excluding hydrogens is 382 g/mol. The predicted octanol–water partition coefficient (Wildman–Crippen LogP) is 0.479. The Hall–Kier alpha value is -2.79. The topological polar surface area (TPSA) is 115 Å². The van der Waals surface area contributed by atoms with Crippen molar-refractivity contribution in [1.29, 1.82) is 0 Å². The molecule has 148 valence electrons. The number of hydrogen-bond acceptors (Lipinski definition) is 9. The van der Waals surface area contributed by atoms with Crippen molar-refractivity contribution in [1.82, 2.24) is 24.3 Å². The van der Waals surface area contributed by atoms with Crippen molar-refractivity contribution < 1.29 is 13.2 Å². The molecule has 1 fully saturated rings. The highest BCUT2D eigenvalue weighted by atomic mass is 32.2. The fraction of sp³-hybridized carbons (Fsp3) is 0.412. The molecule has 11 heteroatoms. The molecule has 0 atom stereocenters. The number of imidazole rings is 1. The van der Waals surface area contributed by atoms with Gasteiger partial charge in [-0.25, -0.2) is 28.4 Å². The molecule has 0 unspecified atom stereocenters. The molecule has 0 aliphatic carbocycles. The van der Waals surface area contributed by atoms with Crippen molar-refractivity contribution in [3.8, 4) is 11.4 Å². The van der Waals surface area contributed by atoms with Crippen LogP contribution in [0.25, 0.3) is 17.0 Å². The number of anilines is 2. The maximum Gasteiger partial charge on any atom is 0.226 e. The molecule has 3 aromatic heterocycles. The fourth-order valence-electron chi connectivity index (χ4n) is 3.00. The minimum atomic E-state index is -3.05. The fourth-order valence-corrected chi connectivity index (χ4v) is 3.47. The summed E-state index contributed by atoms with van der Waals surface area (Å²) >= 11 is 0. The van der Waals surface area contributed by atoms with Gasteiger partial charge in [-0.2, -0.15) is 0 Å². The van der Waals surface area contributed by atoms with Gasteiger partial charge >= 0.3 is 0 Å². The van der Waals surface area contributed by atoms with Gasteiger partial charge in [0.2, 0.25) is 5.95 Å². The molecular formula is C17H21N7O3S. The van der Waals surface area contributed by atoms with Crippen LogP contribution in [0.3, 0.4) is 0 Å². The van der Waals surface area contributed by atoms with Gasteiger partial charge in [0.1, 0.15) is 9.84 Å². The number of morpholine rings is 1. The van der Waals surface area contributed by atoms with E-state index < -0.39 is 9.84 Å². The molecule has 0 radical (unpaired) electrons. The normalized spacial score (nSPS) is 15.1. The lowest BCUT2D eigenvalue weighted by molar-refractivity contribution is 0.122. The first-order valence-corrected chi connectivity index (χ1v) is 11.0. The van der Waals surface area contributed by atoms with E-state index in [0.717, 1.165) is 24.5 Å². The third-order valence-corrected chi connectivity index (χ3v) is 5.34. The second-order valence-electron chi connectivity index (χ2n) is 6.51. The monoisotopic (exact) mass is 403 g/mol. The zero-order chi connectivity index (χ0) is 19.6. The first-order chi connectivity index (χ1) is 13.5. The maximum atomic E-state index is 11.3. The number of fused-ring (bicyclic) bond motifs is 1. The standard InChI is InChI=1S/C17H21N7O3S/c1-28(25,26)11-5-19-15-16-21-12-14(24(16)6-4-18-15)13-2-3-20-17(22-13)23-7-9-27-10-8-23/h2-4,6,12H,5,7-11H2,1H3,(H,18,19). The van der Waals surface area contributed by atoms with E-state index in [1.54, 1.807) is 24.8 Å². The van der Waals surface area contributed by atoms with Crippen LogP contribution in [-0.2, 0) is 14.6 Å². The summed E-state index contributed by atoms with van der Waals surface area (Å²) in [4.78, 5) is 19.9. The van der Waals surface area contributed by atoms with Crippen molar-refractivity contribution in [2.75, 3.05) is 55.1 Å². The Morgan fingerprint density at radius 3 is 2.79 bits per heavy atom. The highest BCUT2D eigenvalue weighted by Gasteiger charge is 2.16. The van der Waals surface area contributed by atoms with E-state index in [1.165, 1.54) is 6.26 Å². The van der Waals surface area contributed by atoms with Gasteiger partial charge in [0.15, 0.2) is 11.5 Å². The van der Waals surface area contributed by atoms with Gasteiger partial charge in [-0.3, -0.25) is 4.40 Å². The van der Waals surface area contributed by atoms with E-state index >= 15 is 0 Å². The summed E-state index contributed by atoms with van der Waals surface area (Å²) in [6.45, 7) is 3.11. The molecule has 1 N–H and O–H groups in total. The maximum absolute atomic E-state index is 11.3. The van der Waals surface area contributed by atoms with Crippen LogP contribution >= 0.6 is 0 Å². The molecule has 0 bridgehead atoms. The molecule has 3 aromatic rings. The van der Waals surface area contributed by atoms with Gasteiger partial charge in [-0.1, -0.05) is 0 Å². The van der Waals surface area contributed by atoms with Crippen LogP contribution in [0, 0.1) is 0 Å². The zero-order valence-corrected chi connectivity index (χ0v) is 16.3. The predicted molar refractivity (Wildman–Crippen MR) is 105 cm³/mol. The zero-order valence-electron chi connectivity index (χ0n) is 15.4. The quantitative estimate of drug-likeness (QED) is 0.627. The summed E-state index contributed by atoms with van der Waals surface area (Å²) in [5.41, 5.74) is 2.16. The van der Waals surface area contributed by atoms with Crippen LogP contribution in [0.15, 0.2) is 30.9 Å². The Balaban J connectivity index is 1.62. The average molecular weight is 403 g/mol. The van der Waals surface area contributed by atoms with Gasteiger partial charge in [-0.15, -0.1) is 0 Å². The highest BCUT2D eigenvalue weighted by molar-refractivity contribution is 7.90. The molecule has 1 aliphatic rings. The number of sulfone groups is 1. The van der Waals surface area contributed by atoms with Crippen LogP contribution in [0.2, 0.25) is 0 Å². The van der Waals surface area contributed by atoms with Gasteiger partial charge in [-0.05, 0) is 6.07 Å². The van der Waals surface area contributed by atoms with Crippen molar-refractivity contribution in [3.63, 3.8) is 0 Å². The van der Waals surface area contributed by atoms with Crippen LogP contribution in [0.4, 0.5) is 11.8 Å². The van der Waals surface area contributed by atoms with E-state index in [2.05, 4.69) is 25.2 Å². The van der Waals surface area contributed by atoms with Crippen molar-refractivity contribution >= 4 is 27.3 Å². The van der Waals surface area contributed by atoms with E-state index in [9.17, 15) is 8.42 Å². The second-order valence-corrected chi connectivity index (χ2v) is 8.77. The van der Waals surface area contributed by atoms with E-state index in [1.807, 2.05) is 10.5 Å². The Morgan fingerprint density at radius 1 is 1.18 bits per heavy atom. The molecule has 0 amide bonds. The Morgan fingerprint density at radius 2 is 2.00 bits per heavy atom. The van der Waals surface area contributed by atoms with Crippen molar-refractivity contribution in [2.24, 2.45) is 0 Å². The molecule has 4 heterocycles. The number of nitrogens with zero attached hydrogens (tertiary/aromatic N) is 6. The second kappa shape index (κ2) is 7.68.